The number of ether oxygens (including phenoxy) is 1. The first-order valence-electron chi connectivity index (χ1n) is 8.39. The highest BCUT2D eigenvalue weighted by Gasteiger charge is 2.36. The van der Waals surface area contributed by atoms with Gasteiger partial charge in [-0.2, -0.15) is 0 Å². The van der Waals surface area contributed by atoms with Crippen molar-refractivity contribution in [2.75, 3.05) is 7.05 Å². The van der Waals surface area contributed by atoms with E-state index in [9.17, 15) is 14.0 Å². The van der Waals surface area contributed by atoms with E-state index in [-0.39, 0.29) is 16.0 Å². The van der Waals surface area contributed by atoms with Crippen molar-refractivity contribution in [2.24, 2.45) is 5.73 Å². The number of fused-ring (bicyclic) bond motifs is 1. The molecule has 1 aliphatic heterocycles. The summed E-state index contributed by atoms with van der Waals surface area (Å²) in [5, 5.41) is 0. The van der Waals surface area contributed by atoms with E-state index >= 15 is 0 Å². The maximum atomic E-state index is 13.2. The van der Waals surface area contributed by atoms with Gasteiger partial charge in [0, 0.05) is 11.6 Å². The van der Waals surface area contributed by atoms with E-state index in [0.717, 1.165) is 17.5 Å². The first-order valence-corrected chi connectivity index (χ1v) is 8.39. The van der Waals surface area contributed by atoms with Gasteiger partial charge in [-0.25, -0.2) is 23.4 Å². The Morgan fingerprint density at radius 3 is 2.68 bits per heavy atom. The average molecular weight is 379 g/mol. The Morgan fingerprint density at radius 1 is 1.25 bits per heavy atom. The summed E-state index contributed by atoms with van der Waals surface area (Å²) < 4.78 is 18.1. The van der Waals surface area contributed by atoms with E-state index in [4.69, 9.17) is 10.5 Å². The number of amides is 2. The molecule has 7 nitrogen and oxygen atoms in total. The number of aromatic nitrogens is 2. The van der Waals surface area contributed by atoms with Crippen LogP contribution in [0.3, 0.4) is 0 Å². The van der Waals surface area contributed by atoms with Crippen LogP contribution in [0, 0.1) is 5.82 Å². The molecule has 28 heavy (non-hydrogen) atoms. The Kier molecular flexibility index (Phi) is 4.05. The molecule has 2 heterocycles. The zero-order valence-electron chi connectivity index (χ0n) is 14.8. The molecule has 0 bridgehead atoms. The smallest absolute Gasteiger partial charge is 0.408 e. The van der Waals surface area contributed by atoms with Crippen molar-refractivity contribution in [2.45, 2.75) is 0 Å². The predicted octanol–water partition coefficient (Wildman–Crippen LogP) is 3.16. The van der Waals surface area contributed by atoms with Gasteiger partial charge in [0.1, 0.15) is 17.5 Å². The van der Waals surface area contributed by atoms with Crippen LogP contribution in [0.1, 0.15) is 11.4 Å². The number of nitrogens with two attached hydrogens (primary N) is 1. The quantitative estimate of drug-likeness (QED) is 0.537. The lowest BCUT2D eigenvalue weighted by Gasteiger charge is -2.19. The summed E-state index contributed by atoms with van der Waals surface area (Å²) in [6.07, 6.45) is 3.40. The molecular weight excluding hydrogens is 363 g/mol. The van der Waals surface area contributed by atoms with Gasteiger partial charge in [-0.1, -0.05) is 18.2 Å². The third-order valence-electron chi connectivity index (χ3n) is 4.54. The number of benzene rings is 2. The van der Waals surface area contributed by atoms with Crippen LogP contribution in [0.2, 0.25) is 0 Å². The number of H-pyrrole nitrogens is 1. The predicted molar refractivity (Wildman–Crippen MR) is 101 cm³/mol. The molecule has 1 aromatic heterocycles. The summed E-state index contributed by atoms with van der Waals surface area (Å²) in [6.45, 7) is 0. The minimum Gasteiger partial charge on any atom is -0.408 e. The molecule has 8 heteroatoms. The number of hydrogen-bond acceptors (Lipinski definition) is 4. The molecule has 3 aromatic rings. The minimum absolute atomic E-state index is 0.154. The Morgan fingerprint density at radius 2 is 2.00 bits per heavy atom. The minimum atomic E-state index is -0.939. The molecule has 1 unspecified atom stereocenters. The number of carbonyl (C=O) groups is 2. The molecule has 140 valence electrons. The van der Waals surface area contributed by atoms with E-state index in [1.807, 2.05) is 6.08 Å². The van der Waals surface area contributed by atoms with Crippen LogP contribution in [-0.4, -0.2) is 34.0 Å². The van der Waals surface area contributed by atoms with Crippen LogP contribution >= 0.6 is 0 Å². The largest absolute Gasteiger partial charge is 0.410 e. The van der Waals surface area contributed by atoms with Crippen LogP contribution in [0.5, 0.6) is 5.75 Å². The second-order valence-corrected chi connectivity index (χ2v) is 6.53. The Balaban J connectivity index is 1.81. The van der Waals surface area contributed by atoms with Gasteiger partial charge in [0.25, 0.3) is 0 Å². The monoisotopic (exact) mass is 379 g/mol. The van der Waals surface area contributed by atoms with Crippen molar-refractivity contribution in [3.63, 3.8) is 0 Å². The third-order valence-corrected chi connectivity index (χ3v) is 4.54. The van der Waals surface area contributed by atoms with Crippen molar-refractivity contribution in [3.05, 3.63) is 71.9 Å². The Bertz CT molecular complexity index is 1160. The highest BCUT2D eigenvalue weighted by molar-refractivity contribution is 5.90. The second kappa shape index (κ2) is 6.43. The van der Waals surface area contributed by atoms with E-state index in [1.54, 1.807) is 43.6 Å². The van der Waals surface area contributed by atoms with Crippen molar-refractivity contribution < 1.29 is 23.2 Å². The first kappa shape index (κ1) is 17.6. The zero-order valence-corrected chi connectivity index (χ0v) is 14.8. The van der Waals surface area contributed by atoms with Crippen molar-refractivity contribution in [1.29, 1.82) is 0 Å². The molecular formula is C20H16FN4O3+. The molecule has 4 rings (SSSR count). The van der Waals surface area contributed by atoms with Gasteiger partial charge in [0.05, 0.1) is 12.6 Å². The normalized spacial score (nSPS) is 18.6. The number of quaternary nitrogens is 1. The molecule has 2 aromatic carbocycles. The van der Waals surface area contributed by atoms with Gasteiger partial charge in [-0.05, 0) is 29.8 Å². The molecule has 0 fully saturated rings. The van der Waals surface area contributed by atoms with E-state index in [0.29, 0.717) is 22.6 Å². The second-order valence-electron chi connectivity index (χ2n) is 6.53. The van der Waals surface area contributed by atoms with Gasteiger partial charge >= 0.3 is 12.5 Å². The summed E-state index contributed by atoms with van der Waals surface area (Å²) in [5.74, 6) is 0.329. The van der Waals surface area contributed by atoms with Crippen LogP contribution < -0.4 is 10.5 Å². The number of rotatable bonds is 4. The Hall–Kier alpha value is -3.78. The lowest BCUT2D eigenvalue weighted by Crippen LogP contribution is -2.33. The summed E-state index contributed by atoms with van der Waals surface area (Å²) in [5.41, 5.74) is 8.29. The van der Waals surface area contributed by atoms with Crippen LogP contribution in [0.25, 0.3) is 22.3 Å². The number of nitrogens with zero attached hydrogens (tertiary/aromatic N) is 2. The fourth-order valence-corrected chi connectivity index (χ4v) is 3.18. The summed E-state index contributed by atoms with van der Waals surface area (Å²) in [7, 11) is 1.71. The van der Waals surface area contributed by atoms with Gasteiger partial charge in [-0.3, -0.25) is 0 Å². The molecule has 3 N–H and O–H groups in total. The number of para-hydroxylation sites is 1. The van der Waals surface area contributed by atoms with Gasteiger partial charge in [0.15, 0.2) is 17.3 Å². The van der Waals surface area contributed by atoms with Crippen LogP contribution in [0.15, 0.2) is 54.7 Å². The number of imidazole rings is 1. The molecule has 0 spiro atoms. The van der Waals surface area contributed by atoms with Gasteiger partial charge < -0.3 is 15.5 Å². The number of hydrogen-bond donors (Lipinski definition) is 2. The number of primary amides is 1. The van der Waals surface area contributed by atoms with Gasteiger partial charge in [0.2, 0.25) is 0 Å². The first-order chi connectivity index (χ1) is 13.4. The molecule has 1 aliphatic rings. The Labute approximate surface area is 159 Å². The van der Waals surface area contributed by atoms with E-state index < -0.39 is 6.09 Å². The van der Waals surface area contributed by atoms with Crippen LogP contribution in [0.4, 0.5) is 9.18 Å². The highest BCUT2D eigenvalue weighted by Crippen LogP contribution is 2.37. The molecule has 0 aliphatic carbocycles. The maximum absolute atomic E-state index is 13.2. The number of carbonyl (C=O) groups excluding carboxylic acids is 2. The fraction of sp³-hybridized carbons (Fsp3) is 0.0500. The van der Waals surface area contributed by atoms with Crippen LogP contribution in [-0.2, 0) is 4.79 Å². The zero-order chi connectivity index (χ0) is 19.9. The lowest BCUT2D eigenvalue weighted by atomic mass is 10.1. The van der Waals surface area contributed by atoms with E-state index in [1.165, 1.54) is 12.1 Å². The summed E-state index contributed by atoms with van der Waals surface area (Å²) in [4.78, 5) is 30.6. The third kappa shape index (κ3) is 2.95. The number of allylic oxidation sites excluding steroid dienone is 2. The fourth-order valence-electron chi connectivity index (χ4n) is 3.18. The molecule has 1 atom stereocenters. The topological polar surface area (TPSA) is 98.1 Å². The average Bonchev–Trinajstić information content (AvgIpc) is 3.24. The summed E-state index contributed by atoms with van der Waals surface area (Å²) >= 11 is 0. The van der Waals surface area contributed by atoms with Gasteiger partial charge in [-0.15, -0.1) is 0 Å². The molecule has 0 saturated heterocycles. The lowest BCUT2D eigenvalue weighted by molar-refractivity contribution is -0.689. The SMILES string of the molecule is C[N+]1(C=O)C=C(c2ccc(F)cc2)C=C1c1nc2c(OC(N)=O)cccc2[nH]1. The maximum Gasteiger partial charge on any atom is 0.410 e. The van der Waals surface area contributed by atoms with Crippen molar-refractivity contribution in [1.82, 2.24) is 9.97 Å². The highest BCUT2D eigenvalue weighted by atomic mass is 19.1. The molecule has 0 saturated carbocycles. The number of aromatic amines is 1. The van der Waals surface area contributed by atoms with Crippen molar-refractivity contribution in [3.8, 4) is 5.75 Å². The molecule has 0 radical (unpaired) electrons. The number of halogens is 1. The standard InChI is InChI=1S/C20H15FN4O3/c1-25(11-26)10-13(12-5-7-14(21)8-6-12)9-16(25)19-23-15-3-2-4-17(18(15)24-19)28-20(22)27/h2-11H,1H3,(H2-,22,23,24,27)/p+1. The van der Waals surface area contributed by atoms with Crippen molar-refractivity contribution >= 4 is 34.8 Å². The summed E-state index contributed by atoms with van der Waals surface area (Å²) in [6, 6.07) is 11.1. The number of nitrogens with one attached hydrogen (secondary N) is 1. The molecule has 2 amide bonds. The van der Waals surface area contributed by atoms with E-state index in [2.05, 4.69) is 9.97 Å².